The van der Waals surface area contributed by atoms with Crippen molar-refractivity contribution in [3.63, 3.8) is 0 Å². The maximum atomic E-state index is 5.55. The van der Waals surface area contributed by atoms with E-state index in [9.17, 15) is 0 Å². The highest BCUT2D eigenvalue weighted by molar-refractivity contribution is 4.93. The summed E-state index contributed by atoms with van der Waals surface area (Å²) in [6.07, 6.45) is 0.985. The van der Waals surface area contributed by atoms with Gasteiger partial charge in [-0.1, -0.05) is 13.8 Å². The molecule has 2 rings (SSSR count). The van der Waals surface area contributed by atoms with E-state index in [0.29, 0.717) is 36.9 Å². The number of nitrogens with zero attached hydrogens (tertiary/aromatic N) is 2. The predicted octanol–water partition coefficient (Wildman–Crippen LogP) is 1.07. The summed E-state index contributed by atoms with van der Waals surface area (Å²) in [5.74, 6) is 1.67. The van der Waals surface area contributed by atoms with E-state index in [0.717, 1.165) is 13.0 Å². The molecule has 1 aliphatic heterocycles. The smallest absolute Gasteiger partial charge is 0.230 e. The molecule has 0 aliphatic carbocycles. The monoisotopic (exact) mass is 211 g/mol. The summed E-state index contributed by atoms with van der Waals surface area (Å²) in [7, 11) is 0. The fourth-order valence-electron chi connectivity index (χ4n) is 1.52. The topological polar surface area (TPSA) is 60.2 Å². The van der Waals surface area contributed by atoms with Gasteiger partial charge in [0.1, 0.15) is 0 Å². The fraction of sp³-hybridized carbons (Fsp3) is 0.800. The molecule has 5 nitrogen and oxygen atoms in total. The number of hydrogen-bond donors (Lipinski definition) is 1. The summed E-state index contributed by atoms with van der Waals surface area (Å²) in [5.41, 5.74) is 0. The zero-order chi connectivity index (χ0) is 10.7. The predicted molar refractivity (Wildman–Crippen MR) is 54.5 cm³/mol. The Morgan fingerprint density at radius 1 is 1.47 bits per heavy atom. The van der Waals surface area contributed by atoms with Gasteiger partial charge in [-0.05, 0) is 6.42 Å². The van der Waals surface area contributed by atoms with Gasteiger partial charge in [0, 0.05) is 12.6 Å². The zero-order valence-corrected chi connectivity index (χ0v) is 9.19. The van der Waals surface area contributed by atoms with Crippen LogP contribution in [0.5, 0.6) is 0 Å². The van der Waals surface area contributed by atoms with E-state index in [2.05, 4.69) is 29.4 Å². The highest BCUT2D eigenvalue weighted by Crippen LogP contribution is 2.23. The second kappa shape index (κ2) is 4.72. The Bertz CT molecular complexity index is 305. The van der Waals surface area contributed by atoms with E-state index >= 15 is 0 Å². The van der Waals surface area contributed by atoms with Crippen molar-refractivity contribution in [2.45, 2.75) is 38.8 Å². The standard InChI is InChI=1S/C10H17N3O2/c1-7(2)11-5-9-12-13-10(15-9)8-3-4-14-6-8/h7-8,11H,3-6H2,1-2H3. The minimum Gasteiger partial charge on any atom is -0.423 e. The largest absolute Gasteiger partial charge is 0.423 e. The summed E-state index contributed by atoms with van der Waals surface area (Å²) in [4.78, 5) is 0. The van der Waals surface area contributed by atoms with Crippen LogP contribution in [0.3, 0.4) is 0 Å². The van der Waals surface area contributed by atoms with Crippen molar-refractivity contribution in [1.82, 2.24) is 15.5 Å². The molecule has 1 aliphatic rings. The first-order valence-electron chi connectivity index (χ1n) is 5.39. The highest BCUT2D eigenvalue weighted by Gasteiger charge is 2.23. The van der Waals surface area contributed by atoms with Crippen molar-refractivity contribution in [3.8, 4) is 0 Å². The molecule has 2 heterocycles. The molecule has 1 atom stereocenters. The normalized spacial score (nSPS) is 21.4. The first kappa shape index (κ1) is 10.6. The Hall–Kier alpha value is -0.940. The molecule has 0 spiro atoms. The van der Waals surface area contributed by atoms with Crippen LogP contribution in [0.2, 0.25) is 0 Å². The lowest BCUT2D eigenvalue weighted by Gasteiger charge is -2.03. The SMILES string of the molecule is CC(C)NCc1nnc(C2CCOC2)o1. The van der Waals surface area contributed by atoms with Gasteiger partial charge >= 0.3 is 0 Å². The van der Waals surface area contributed by atoms with Crippen LogP contribution in [0.4, 0.5) is 0 Å². The molecule has 1 unspecified atom stereocenters. The lowest BCUT2D eigenvalue weighted by Crippen LogP contribution is -2.21. The van der Waals surface area contributed by atoms with Gasteiger partial charge in [0.25, 0.3) is 0 Å². The maximum Gasteiger partial charge on any atom is 0.230 e. The molecular formula is C10H17N3O2. The Labute approximate surface area is 89.2 Å². The minimum absolute atomic E-state index is 0.297. The molecule has 0 amide bonds. The molecule has 0 radical (unpaired) electrons. The third-order valence-corrected chi connectivity index (χ3v) is 2.42. The van der Waals surface area contributed by atoms with E-state index < -0.39 is 0 Å². The molecule has 1 saturated heterocycles. The lowest BCUT2D eigenvalue weighted by molar-refractivity contribution is 0.190. The number of ether oxygens (including phenoxy) is 1. The minimum atomic E-state index is 0.297. The average Bonchev–Trinajstić information content (AvgIpc) is 2.85. The van der Waals surface area contributed by atoms with Crippen molar-refractivity contribution in [1.29, 1.82) is 0 Å². The van der Waals surface area contributed by atoms with Crippen LogP contribution in [0.15, 0.2) is 4.42 Å². The second-order valence-electron chi connectivity index (χ2n) is 4.13. The summed E-state index contributed by atoms with van der Waals surface area (Å²) in [5, 5.41) is 11.3. The van der Waals surface area contributed by atoms with Gasteiger partial charge in [-0.3, -0.25) is 0 Å². The Kier molecular flexibility index (Phi) is 3.33. The van der Waals surface area contributed by atoms with Crippen molar-refractivity contribution in [3.05, 3.63) is 11.8 Å². The van der Waals surface area contributed by atoms with Crippen LogP contribution < -0.4 is 5.32 Å². The van der Waals surface area contributed by atoms with Crippen LogP contribution >= 0.6 is 0 Å². The maximum absolute atomic E-state index is 5.55. The van der Waals surface area contributed by atoms with Crippen LogP contribution in [-0.4, -0.2) is 29.5 Å². The molecule has 0 aromatic carbocycles. The van der Waals surface area contributed by atoms with Crippen molar-refractivity contribution >= 4 is 0 Å². The number of rotatable bonds is 4. The molecule has 15 heavy (non-hydrogen) atoms. The summed E-state index contributed by atoms with van der Waals surface area (Å²) >= 11 is 0. The van der Waals surface area contributed by atoms with Gasteiger partial charge in [0.15, 0.2) is 0 Å². The quantitative estimate of drug-likeness (QED) is 0.807. The molecule has 0 saturated carbocycles. The summed E-state index contributed by atoms with van der Waals surface area (Å²) in [6, 6.07) is 0.426. The molecule has 1 fully saturated rings. The van der Waals surface area contributed by atoms with Gasteiger partial charge in [-0.15, -0.1) is 10.2 Å². The summed E-state index contributed by atoms with van der Waals surface area (Å²) < 4.78 is 10.8. The van der Waals surface area contributed by atoms with Gasteiger partial charge in [-0.25, -0.2) is 0 Å². The van der Waals surface area contributed by atoms with E-state index in [-0.39, 0.29) is 0 Å². The number of hydrogen-bond acceptors (Lipinski definition) is 5. The molecule has 84 valence electrons. The van der Waals surface area contributed by atoms with Crippen molar-refractivity contribution in [2.75, 3.05) is 13.2 Å². The Morgan fingerprint density at radius 2 is 2.33 bits per heavy atom. The van der Waals surface area contributed by atoms with Crippen LogP contribution in [0, 0.1) is 0 Å². The average molecular weight is 211 g/mol. The van der Waals surface area contributed by atoms with Gasteiger partial charge in [0.2, 0.25) is 11.8 Å². The fourth-order valence-corrected chi connectivity index (χ4v) is 1.52. The van der Waals surface area contributed by atoms with Gasteiger partial charge in [-0.2, -0.15) is 0 Å². The van der Waals surface area contributed by atoms with Crippen molar-refractivity contribution in [2.24, 2.45) is 0 Å². The van der Waals surface area contributed by atoms with Crippen LogP contribution in [0.1, 0.15) is 38.0 Å². The molecule has 5 heteroatoms. The van der Waals surface area contributed by atoms with Gasteiger partial charge < -0.3 is 14.5 Å². The summed E-state index contributed by atoms with van der Waals surface area (Å²) in [6.45, 7) is 6.31. The Balaban J connectivity index is 1.91. The molecule has 1 N–H and O–H groups in total. The van der Waals surface area contributed by atoms with Crippen molar-refractivity contribution < 1.29 is 9.15 Å². The van der Waals surface area contributed by atoms with E-state index in [4.69, 9.17) is 9.15 Å². The number of aromatic nitrogens is 2. The molecule has 0 bridgehead atoms. The zero-order valence-electron chi connectivity index (χ0n) is 9.19. The van der Waals surface area contributed by atoms with Gasteiger partial charge in [0.05, 0.1) is 19.1 Å². The third kappa shape index (κ3) is 2.76. The van der Waals surface area contributed by atoms with Crippen LogP contribution in [0.25, 0.3) is 0 Å². The van der Waals surface area contributed by atoms with Crippen LogP contribution in [-0.2, 0) is 11.3 Å². The first-order valence-corrected chi connectivity index (χ1v) is 5.39. The molecular weight excluding hydrogens is 194 g/mol. The van der Waals surface area contributed by atoms with E-state index in [1.165, 1.54) is 0 Å². The lowest BCUT2D eigenvalue weighted by atomic mass is 10.1. The second-order valence-corrected chi connectivity index (χ2v) is 4.13. The first-order chi connectivity index (χ1) is 7.25. The van der Waals surface area contributed by atoms with E-state index in [1.54, 1.807) is 0 Å². The third-order valence-electron chi connectivity index (χ3n) is 2.42. The highest BCUT2D eigenvalue weighted by atomic mass is 16.5. The molecule has 1 aromatic heterocycles. The van der Waals surface area contributed by atoms with E-state index in [1.807, 2.05) is 0 Å². The Morgan fingerprint density at radius 3 is 3.00 bits per heavy atom. The number of nitrogens with one attached hydrogen (secondary N) is 1. The molecule has 1 aromatic rings.